The van der Waals surface area contributed by atoms with E-state index in [1.807, 2.05) is 31.3 Å². The summed E-state index contributed by atoms with van der Waals surface area (Å²) in [6.07, 6.45) is 2.74. The molecule has 1 N–H and O–H groups in total. The number of rotatable bonds is 3. The molecule has 3 heterocycles. The molecule has 0 unspecified atom stereocenters. The van der Waals surface area contributed by atoms with Gasteiger partial charge in [-0.25, -0.2) is 12.4 Å². The highest BCUT2D eigenvalue weighted by Gasteiger charge is 2.24. The fraction of sp³-hybridized carbons (Fsp3) is 0.375. The molecular formula is C24H30N4O5S. The monoisotopic (exact) mass is 486 g/mol. The molecule has 9 nitrogen and oxygen atoms in total. The lowest BCUT2D eigenvalue weighted by atomic mass is 10.2. The van der Waals surface area contributed by atoms with Crippen molar-refractivity contribution in [3.05, 3.63) is 48.7 Å². The number of hydrogen-bond acceptors (Lipinski definition) is 7. The Morgan fingerprint density at radius 3 is 2.56 bits per heavy atom. The minimum Gasteiger partial charge on any atom is -0.490 e. The fourth-order valence-electron chi connectivity index (χ4n) is 4.42. The maximum Gasteiger partial charge on any atom is 0.290 e. The molecule has 0 radical (unpaired) electrons. The summed E-state index contributed by atoms with van der Waals surface area (Å²) in [5.41, 5.74) is 2.68. The van der Waals surface area contributed by atoms with E-state index in [-0.39, 0.29) is 11.4 Å². The van der Waals surface area contributed by atoms with Gasteiger partial charge in [-0.1, -0.05) is 6.07 Å². The van der Waals surface area contributed by atoms with Crippen LogP contribution < -0.4 is 14.5 Å². The molecule has 2 aromatic carbocycles. The maximum atomic E-state index is 13.5. The standard InChI is InChI=1S/C23H28N4O3S.CH2O2/c1-24-9-3-10-26(13-12-24)19-5-4-18-8-11-27(22(18)16-19)31(28,29)20-6-7-21-23(17-20)30-15-14-25(21)2;2-1-3/h4-8,11,16-17H,3,9-10,12-15H2,1-2H3;1H,(H,2,3). The van der Waals surface area contributed by atoms with Gasteiger partial charge >= 0.3 is 0 Å². The van der Waals surface area contributed by atoms with Crippen molar-refractivity contribution in [2.24, 2.45) is 0 Å². The lowest BCUT2D eigenvalue weighted by Gasteiger charge is -2.28. The van der Waals surface area contributed by atoms with Gasteiger partial charge in [0.15, 0.2) is 0 Å². The van der Waals surface area contributed by atoms with Crippen LogP contribution in [-0.2, 0) is 14.8 Å². The fourth-order valence-corrected chi connectivity index (χ4v) is 5.78. The lowest BCUT2D eigenvalue weighted by Crippen LogP contribution is -2.29. The van der Waals surface area contributed by atoms with Gasteiger partial charge in [-0.2, -0.15) is 0 Å². The molecule has 3 aromatic rings. The Hall–Kier alpha value is -3.24. The van der Waals surface area contributed by atoms with Crippen molar-refractivity contribution in [3.63, 3.8) is 0 Å². The van der Waals surface area contributed by atoms with E-state index in [0.717, 1.165) is 55.9 Å². The second-order valence-corrected chi connectivity index (χ2v) is 10.3. The number of nitrogens with zero attached hydrogens (tertiary/aromatic N) is 4. The van der Waals surface area contributed by atoms with Crippen LogP contribution in [0.5, 0.6) is 5.75 Å². The molecule has 2 aliphatic rings. The van der Waals surface area contributed by atoms with E-state index in [4.69, 9.17) is 14.6 Å². The van der Waals surface area contributed by atoms with Crippen LogP contribution in [-0.4, -0.2) is 82.3 Å². The predicted molar refractivity (Wildman–Crippen MR) is 133 cm³/mol. The van der Waals surface area contributed by atoms with Crippen molar-refractivity contribution >= 4 is 38.8 Å². The predicted octanol–water partition coefficient (Wildman–Crippen LogP) is 2.55. The van der Waals surface area contributed by atoms with Gasteiger partial charge in [-0.15, -0.1) is 0 Å². The van der Waals surface area contributed by atoms with E-state index in [1.165, 1.54) is 3.97 Å². The van der Waals surface area contributed by atoms with E-state index >= 15 is 0 Å². The first kappa shape index (κ1) is 23.9. The number of benzene rings is 2. The van der Waals surface area contributed by atoms with Crippen LogP contribution in [0.3, 0.4) is 0 Å². The SMILES string of the molecule is CN1CCCN(c2ccc3ccn(S(=O)(=O)c4ccc5c(c4)OCCN5C)c3c2)CC1.O=CO. The van der Waals surface area contributed by atoms with Crippen molar-refractivity contribution in [2.75, 3.05) is 63.2 Å². The van der Waals surface area contributed by atoms with E-state index in [2.05, 4.69) is 27.8 Å². The second kappa shape index (κ2) is 9.94. The molecule has 0 aliphatic carbocycles. The van der Waals surface area contributed by atoms with Crippen molar-refractivity contribution in [1.82, 2.24) is 8.87 Å². The summed E-state index contributed by atoms with van der Waals surface area (Å²) < 4.78 is 34.2. The van der Waals surface area contributed by atoms with Crippen LogP contribution in [0, 0.1) is 0 Å². The number of likely N-dealkylation sites (N-methyl/N-ethyl adjacent to an activating group) is 2. The van der Waals surface area contributed by atoms with Crippen LogP contribution in [0.25, 0.3) is 10.9 Å². The molecule has 182 valence electrons. The zero-order chi connectivity index (χ0) is 24.3. The number of anilines is 2. The van der Waals surface area contributed by atoms with Gasteiger partial charge in [0.2, 0.25) is 0 Å². The largest absolute Gasteiger partial charge is 0.490 e. The van der Waals surface area contributed by atoms with Crippen LogP contribution in [0.2, 0.25) is 0 Å². The number of carbonyl (C=O) groups is 1. The van der Waals surface area contributed by atoms with Crippen molar-refractivity contribution in [3.8, 4) is 5.75 Å². The van der Waals surface area contributed by atoms with E-state index in [9.17, 15) is 8.42 Å². The summed E-state index contributed by atoms with van der Waals surface area (Å²) in [5.74, 6) is 0.612. The van der Waals surface area contributed by atoms with Crippen molar-refractivity contribution in [1.29, 1.82) is 0 Å². The third-order valence-electron chi connectivity index (χ3n) is 6.31. The normalized spacial score (nSPS) is 16.8. The van der Waals surface area contributed by atoms with Gasteiger partial charge < -0.3 is 24.5 Å². The number of carboxylic acid groups (broad SMARTS) is 1. The molecule has 1 saturated heterocycles. The Bertz CT molecular complexity index is 1270. The average molecular weight is 487 g/mol. The summed E-state index contributed by atoms with van der Waals surface area (Å²) in [6.45, 7) is 5.08. The topological polar surface area (TPSA) is 95.3 Å². The Morgan fingerprint density at radius 2 is 1.76 bits per heavy atom. The smallest absolute Gasteiger partial charge is 0.290 e. The number of fused-ring (bicyclic) bond motifs is 2. The molecule has 0 spiro atoms. The summed E-state index contributed by atoms with van der Waals surface area (Å²) in [7, 11) is 0.381. The maximum absolute atomic E-state index is 13.5. The Kier molecular flexibility index (Phi) is 6.99. The third-order valence-corrected chi connectivity index (χ3v) is 8.00. The molecule has 5 rings (SSSR count). The Labute approximate surface area is 199 Å². The summed E-state index contributed by atoms with van der Waals surface area (Å²) in [4.78, 5) is 15.3. The van der Waals surface area contributed by atoms with Gasteiger partial charge in [0.25, 0.3) is 16.5 Å². The van der Waals surface area contributed by atoms with Gasteiger partial charge in [0.1, 0.15) is 12.4 Å². The summed E-state index contributed by atoms with van der Waals surface area (Å²) in [6, 6.07) is 13.1. The Morgan fingerprint density at radius 1 is 0.971 bits per heavy atom. The van der Waals surface area contributed by atoms with Gasteiger partial charge in [-0.3, -0.25) is 4.79 Å². The first-order chi connectivity index (χ1) is 16.3. The summed E-state index contributed by atoms with van der Waals surface area (Å²) in [5, 5.41) is 7.80. The highest BCUT2D eigenvalue weighted by Crippen LogP contribution is 2.34. The van der Waals surface area contributed by atoms with Gasteiger partial charge in [0, 0.05) is 50.0 Å². The number of hydrogen-bond donors (Lipinski definition) is 1. The second-order valence-electron chi connectivity index (χ2n) is 8.51. The molecule has 0 bridgehead atoms. The quantitative estimate of drug-likeness (QED) is 0.565. The van der Waals surface area contributed by atoms with Gasteiger partial charge in [-0.05, 0) is 50.3 Å². The highest BCUT2D eigenvalue weighted by atomic mass is 32.2. The van der Waals surface area contributed by atoms with Gasteiger partial charge in [0.05, 0.1) is 22.6 Å². The third kappa shape index (κ3) is 4.69. The molecule has 1 aromatic heterocycles. The molecule has 2 aliphatic heterocycles. The first-order valence-corrected chi connectivity index (χ1v) is 12.6. The molecule has 1 fully saturated rings. The zero-order valence-electron chi connectivity index (χ0n) is 19.4. The number of aromatic nitrogens is 1. The molecule has 10 heteroatoms. The van der Waals surface area contributed by atoms with Crippen LogP contribution in [0.1, 0.15) is 6.42 Å². The molecule has 0 saturated carbocycles. The average Bonchev–Trinajstić information content (AvgIpc) is 3.14. The highest BCUT2D eigenvalue weighted by molar-refractivity contribution is 7.90. The molecule has 0 atom stereocenters. The van der Waals surface area contributed by atoms with Crippen LogP contribution in [0.15, 0.2) is 53.6 Å². The number of ether oxygens (including phenoxy) is 1. The zero-order valence-corrected chi connectivity index (χ0v) is 20.2. The summed E-state index contributed by atoms with van der Waals surface area (Å²) >= 11 is 0. The minimum atomic E-state index is -3.75. The van der Waals surface area contributed by atoms with E-state index in [1.54, 1.807) is 18.3 Å². The van der Waals surface area contributed by atoms with Crippen LogP contribution >= 0.6 is 0 Å². The minimum absolute atomic E-state index is 0.237. The molecular weight excluding hydrogens is 456 g/mol. The van der Waals surface area contributed by atoms with Crippen molar-refractivity contribution < 1.29 is 23.1 Å². The van der Waals surface area contributed by atoms with Crippen LogP contribution in [0.4, 0.5) is 11.4 Å². The first-order valence-electron chi connectivity index (χ1n) is 11.2. The molecule has 34 heavy (non-hydrogen) atoms. The van der Waals surface area contributed by atoms with E-state index < -0.39 is 10.0 Å². The van der Waals surface area contributed by atoms with Crippen molar-refractivity contribution in [2.45, 2.75) is 11.3 Å². The lowest BCUT2D eigenvalue weighted by molar-refractivity contribution is -0.122. The molecule has 0 amide bonds. The Balaban J connectivity index is 0.000000868. The van der Waals surface area contributed by atoms with E-state index in [0.29, 0.717) is 17.9 Å².